The first kappa shape index (κ1) is 15.8. The topological polar surface area (TPSA) is 124 Å². The maximum Gasteiger partial charge on any atom is 0.306 e. The van der Waals surface area contributed by atoms with E-state index in [2.05, 4.69) is 4.98 Å². The molecule has 0 saturated carbocycles. The molecular formula is C8H9ClN2O6S2. The zero-order valence-electron chi connectivity index (χ0n) is 9.61. The molecule has 0 unspecified atom stereocenters. The van der Waals surface area contributed by atoms with Crippen LogP contribution in [0, 0.1) is 17.0 Å². The van der Waals surface area contributed by atoms with Gasteiger partial charge >= 0.3 is 5.69 Å². The van der Waals surface area contributed by atoms with Crippen LogP contribution in [0.3, 0.4) is 0 Å². The van der Waals surface area contributed by atoms with Gasteiger partial charge in [-0.3, -0.25) is 10.1 Å². The predicted octanol–water partition coefficient (Wildman–Crippen LogP) is 0.641. The number of sulfone groups is 1. The van der Waals surface area contributed by atoms with Crippen molar-refractivity contribution in [2.45, 2.75) is 11.9 Å². The Balaban J connectivity index is 3.25. The van der Waals surface area contributed by atoms with Gasteiger partial charge in [-0.1, -0.05) is 0 Å². The molecule has 1 aromatic heterocycles. The fraction of sp³-hybridized carbons (Fsp3) is 0.375. The number of hydrogen-bond acceptors (Lipinski definition) is 7. The molecule has 106 valence electrons. The number of aromatic nitrogens is 1. The molecule has 11 heteroatoms. The van der Waals surface area contributed by atoms with Gasteiger partial charge in [0.1, 0.15) is 0 Å². The summed E-state index contributed by atoms with van der Waals surface area (Å²) in [4.78, 5) is 13.4. The normalized spacial score (nSPS) is 12.3. The van der Waals surface area contributed by atoms with Crippen LogP contribution in [0.15, 0.2) is 17.3 Å². The Morgan fingerprint density at radius 1 is 1.32 bits per heavy atom. The van der Waals surface area contributed by atoms with E-state index < -0.39 is 46.0 Å². The molecule has 19 heavy (non-hydrogen) atoms. The van der Waals surface area contributed by atoms with Crippen molar-refractivity contribution >= 4 is 35.3 Å². The Morgan fingerprint density at radius 3 is 2.37 bits per heavy atom. The summed E-state index contributed by atoms with van der Waals surface area (Å²) >= 11 is 0. The Hall–Kier alpha value is -1.26. The van der Waals surface area contributed by atoms with Crippen molar-refractivity contribution in [1.29, 1.82) is 0 Å². The Morgan fingerprint density at radius 2 is 1.89 bits per heavy atom. The molecule has 0 fully saturated rings. The molecule has 0 amide bonds. The highest BCUT2D eigenvalue weighted by Crippen LogP contribution is 2.23. The Labute approximate surface area is 113 Å². The van der Waals surface area contributed by atoms with Crippen molar-refractivity contribution in [3.63, 3.8) is 0 Å². The number of halogens is 1. The van der Waals surface area contributed by atoms with Gasteiger partial charge in [0.05, 0.1) is 16.4 Å². The third-order valence-electron chi connectivity index (χ3n) is 2.06. The minimum Gasteiger partial charge on any atom is -0.258 e. The van der Waals surface area contributed by atoms with Crippen LogP contribution in [0.4, 0.5) is 5.69 Å². The monoisotopic (exact) mass is 328 g/mol. The molecule has 1 rings (SSSR count). The summed E-state index contributed by atoms with van der Waals surface area (Å²) in [6.45, 7) is 1.51. The number of pyridine rings is 1. The Kier molecular flexibility index (Phi) is 4.48. The molecule has 0 aliphatic rings. The molecule has 0 spiro atoms. The fourth-order valence-corrected chi connectivity index (χ4v) is 4.32. The number of hydrogen-bond donors (Lipinski definition) is 0. The van der Waals surface area contributed by atoms with Crippen LogP contribution < -0.4 is 0 Å². The van der Waals surface area contributed by atoms with E-state index in [4.69, 9.17) is 10.7 Å². The summed E-state index contributed by atoms with van der Waals surface area (Å²) in [6, 6.07) is 1.05. The second-order valence-corrected chi connectivity index (χ2v) is 8.58. The van der Waals surface area contributed by atoms with Gasteiger partial charge in [-0.05, 0) is 12.5 Å². The number of rotatable bonds is 5. The molecule has 0 bridgehead atoms. The van der Waals surface area contributed by atoms with Gasteiger partial charge in [0.2, 0.25) is 23.9 Å². The third kappa shape index (κ3) is 4.40. The van der Waals surface area contributed by atoms with Crippen LogP contribution in [-0.4, -0.2) is 38.2 Å². The molecule has 0 N–H and O–H groups in total. The summed E-state index contributed by atoms with van der Waals surface area (Å²) in [6.07, 6.45) is 1.15. The first-order chi connectivity index (χ1) is 8.53. The van der Waals surface area contributed by atoms with E-state index in [-0.39, 0.29) is 0 Å². The third-order valence-corrected chi connectivity index (χ3v) is 5.11. The van der Waals surface area contributed by atoms with Gasteiger partial charge in [0.15, 0.2) is 0 Å². The summed E-state index contributed by atoms with van der Waals surface area (Å²) in [7, 11) is -3.31. The van der Waals surface area contributed by atoms with Crippen LogP contribution in [0.5, 0.6) is 0 Å². The van der Waals surface area contributed by atoms with Crippen LogP contribution in [0.25, 0.3) is 0 Å². The quantitative estimate of drug-likeness (QED) is 0.441. The fourth-order valence-electron chi connectivity index (χ4n) is 1.22. The van der Waals surface area contributed by atoms with E-state index in [1.807, 2.05) is 0 Å². The minimum atomic E-state index is -4.20. The maximum absolute atomic E-state index is 11.8. The van der Waals surface area contributed by atoms with Crippen LogP contribution >= 0.6 is 10.7 Å². The average molecular weight is 329 g/mol. The highest BCUT2D eigenvalue weighted by Gasteiger charge is 2.28. The maximum atomic E-state index is 11.8. The van der Waals surface area contributed by atoms with Crippen molar-refractivity contribution in [2.24, 2.45) is 0 Å². The predicted molar refractivity (Wildman–Crippen MR) is 67.3 cm³/mol. The zero-order chi connectivity index (χ0) is 14.8. The SMILES string of the molecule is Cc1cnc(S(=O)(=O)CCS(=O)(=O)Cl)c([N+](=O)[O-])c1. The van der Waals surface area contributed by atoms with Crippen LogP contribution in [0.2, 0.25) is 0 Å². The number of nitrogens with zero attached hydrogens (tertiary/aromatic N) is 2. The summed E-state index contributed by atoms with van der Waals surface area (Å²) in [5.74, 6) is -1.71. The highest BCUT2D eigenvalue weighted by molar-refractivity contribution is 8.14. The standard InChI is InChI=1S/C8H9ClN2O6S2/c1-6-4-7(11(12)13)8(10-5-6)18(14,15)2-3-19(9,16)17/h4-5H,2-3H2,1H3. The Bertz CT molecular complexity index is 713. The largest absolute Gasteiger partial charge is 0.306 e. The second-order valence-electron chi connectivity index (χ2n) is 3.66. The van der Waals surface area contributed by atoms with Crippen molar-refractivity contribution in [3.8, 4) is 0 Å². The van der Waals surface area contributed by atoms with E-state index in [1.54, 1.807) is 0 Å². The van der Waals surface area contributed by atoms with E-state index in [1.165, 1.54) is 6.92 Å². The lowest BCUT2D eigenvalue weighted by Crippen LogP contribution is -2.17. The van der Waals surface area contributed by atoms with E-state index >= 15 is 0 Å². The summed E-state index contributed by atoms with van der Waals surface area (Å²) in [5.41, 5.74) is -0.275. The first-order valence-corrected chi connectivity index (χ1v) is 8.92. The summed E-state index contributed by atoms with van der Waals surface area (Å²) < 4.78 is 45.1. The van der Waals surface area contributed by atoms with E-state index in [0.717, 1.165) is 12.3 Å². The lowest BCUT2D eigenvalue weighted by Gasteiger charge is -2.04. The molecule has 0 aliphatic heterocycles. The molecular weight excluding hydrogens is 320 g/mol. The van der Waals surface area contributed by atoms with E-state index in [9.17, 15) is 26.9 Å². The minimum absolute atomic E-state index is 0.413. The van der Waals surface area contributed by atoms with Crippen molar-refractivity contribution in [1.82, 2.24) is 4.98 Å². The molecule has 0 saturated heterocycles. The average Bonchev–Trinajstić information content (AvgIpc) is 2.25. The molecule has 1 heterocycles. The number of aryl methyl sites for hydroxylation is 1. The van der Waals surface area contributed by atoms with E-state index in [0.29, 0.717) is 5.56 Å². The molecule has 0 atom stereocenters. The zero-order valence-corrected chi connectivity index (χ0v) is 12.0. The van der Waals surface area contributed by atoms with Crippen LogP contribution in [-0.2, 0) is 18.9 Å². The van der Waals surface area contributed by atoms with Gasteiger partial charge < -0.3 is 0 Å². The van der Waals surface area contributed by atoms with Crippen molar-refractivity contribution < 1.29 is 21.8 Å². The van der Waals surface area contributed by atoms with Gasteiger partial charge in [0.25, 0.3) is 0 Å². The van der Waals surface area contributed by atoms with Gasteiger partial charge in [-0.25, -0.2) is 21.8 Å². The van der Waals surface area contributed by atoms with Gasteiger partial charge in [0, 0.05) is 22.9 Å². The van der Waals surface area contributed by atoms with Gasteiger partial charge in [-0.2, -0.15) is 0 Å². The van der Waals surface area contributed by atoms with Gasteiger partial charge in [-0.15, -0.1) is 0 Å². The molecule has 1 aromatic rings. The summed E-state index contributed by atoms with van der Waals surface area (Å²) in [5, 5.41) is 10.0. The molecule has 0 radical (unpaired) electrons. The molecule has 8 nitrogen and oxygen atoms in total. The lowest BCUT2D eigenvalue weighted by molar-refractivity contribution is -0.388. The second kappa shape index (κ2) is 5.39. The number of nitro groups is 1. The van der Waals surface area contributed by atoms with Crippen molar-refractivity contribution in [2.75, 3.05) is 11.5 Å². The lowest BCUT2D eigenvalue weighted by atomic mass is 10.3. The van der Waals surface area contributed by atoms with Crippen molar-refractivity contribution in [3.05, 3.63) is 27.9 Å². The molecule has 0 aromatic carbocycles. The molecule has 0 aliphatic carbocycles. The first-order valence-electron chi connectivity index (χ1n) is 4.79. The highest BCUT2D eigenvalue weighted by atomic mass is 35.7. The smallest absolute Gasteiger partial charge is 0.258 e. The van der Waals surface area contributed by atoms with Crippen LogP contribution in [0.1, 0.15) is 5.56 Å².